The van der Waals surface area contributed by atoms with Crippen LogP contribution in [-0.4, -0.2) is 36.5 Å². The summed E-state index contributed by atoms with van der Waals surface area (Å²) in [7, 11) is 1.60. The molecule has 96 valence electrons. The Morgan fingerprint density at radius 3 is 2.82 bits per heavy atom. The van der Waals surface area contributed by atoms with Crippen molar-refractivity contribution in [3.8, 4) is 5.75 Å². The fraction of sp³-hybridized carbons (Fsp3) is 0.538. The lowest BCUT2D eigenvalue weighted by atomic mass is 10.1. The molecule has 0 aliphatic rings. The van der Waals surface area contributed by atoms with E-state index < -0.39 is 6.10 Å². The van der Waals surface area contributed by atoms with Crippen molar-refractivity contribution in [2.75, 3.05) is 20.3 Å². The lowest BCUT2D eigenvalue weighted by Crippen LogP contribution is -2.31. The van der Waals surface area contributed by atoms with Gasteiger partial charge in [0, 0.05) is 19.2 Å². The SMILES string of the molecule is COc1cccc(C(O)CNC(C)CCO)c1. The van der Waals surface area contributed by atoms with Crippen LogP contribution in [-0.2, 0) is 0 Å². The van der Waals surface area contributed by atoms with E-state index in [-0.39, 0.29) is 12.6 Å². The molecule has 0 saturated heterocycles. The molecule has 0 radical (unpaired) electrons. The van der Waals surface area contributed by atoms with E-state index in [2.05, 4.69) is 5.32 Å². The number of benzene rings is 1. The van der Waals surface area contributed by atoms with E-state index in [0.717, 1.165) is 11.3 Å². The van der Waals surface area contributed by atoms with E-state index in [1.54, 1.807) is 7.11 Å². The third-order valence-corrected chi connectivity index (χ3v) is 2.70. The number of hydrogen-bond donors (Lipinski definition) is 3. The van der Waals surface area contributed by atoms with Gasteiger partial charge in [0.15, 0.2) is 0 Å². The van der Waals surface area contributed by atoms with Crippen LogP contribution in [0, 0.1) is 0 Å². The summed E-state index contributed by atoms with van der Waals surface area (Å²) in [4.78, 5) is 0. The first-order valence-electron chi connectivity index (χ1n) is 5.83. The van der Waals surface area contributed by atoms with Crippen LogP contribution in [0.1, 0.15) is 25.0 Å². The van der Waals surface area contributed by atoms with Gasteiger partial charge in [-0.15, -0.1) is 0 Å². The van der Waals surface area contributed by atoms with Gasteiger partial charge in [-0.3, -0.25) is 0 Å². The molecule has 0 aliphatic heterocycles. The van der Waals surface area contributed by atoms with Gasteiger partial charge in [-0.25, -0.2) is 0 Å². The van der Waals surface area contributed by atoms with Crippen LogP contribution >= 0.6 is 0 Å². The summed E-state index contributed by atoms with van der Waals surface area (Å²) in [5.41, 5.74) is 0.827. The average Bonchev–Trinajstić information content (AvgIpc) is 2.36. The molecule has 4 heteroatoms. The molecule has 2 unspecified atom stereocenters. The number of hydrogen-bond acceptors (Lipinski definition) is 4. The highest BCUT2D eigenvalue weighted by Gasteiger charge is 2.09. The number of nitrogens with one attached hydrogen (secondary N) is 1. The quantitative estimate of drug-likeness (QED) is 0.666. The zero-order valence-corrected chi connectivity index (χ0v) is 10.4. The highest BCUT2D eigenvalue weighted by atomic mass is 16.5. The number of rotatable bonds is 7. The molecule has 0 heterocycles. The standard InChI is InChI=1S/C13H21NO3/c1-10(6-7-15)14-9-13(16)11-4-3-5-12(8-11)17-2/h3-5,8,10,13-16H,6-7,9H2,1-2H3. The van der Waals surface area contributed by atoms with Crippen molar-refractivity contribution in [1.82, 2.24) is 5.32 Å². The average molecular weight is 239 g/mol. The van der Waals surface area contributed by atoms with Gasteiger partial charge in [-0.05, 0) is 31.0 Å². The third kappa shape index (κ3) is 4.73. The van der Waals surface area contributed by atoms with Gasteiger partial charge in [0.25, 0.3) is 0 Å². The van der Waals surface area contributed by atoms with Gasteiger partial charge in [0.2, 0.25) is 0 Å². The molecular formula is C13H21NO3. The van der Waals surface area contributed by atoms with Gasteiger partial charge < -0.3 is 20.3 Å². The molecule has 3 N–H and O–H groups in total. The Morgan fingerprint density at radius 2 is 2.18 bits per heavy atom. The van der Waals surface area contributed by atoms with Crippen LogP contribution in [0.15, 0.2) is 24.3 Å². The molecule has 1 rings (SSSR count). The zero-order valence-electron chi connectivity index (χ0n) is 10.4. The molecule has 0 spiro atoms. The fourth-order valence-electron chi connectivity index (χ4n) is 1.58. The number of aliphatic hydroxyl groups excluding tert-OH is 2. The second-order valence-corrected chi connectivity index (χ2v) is 4.11. The molecule has 0 aromatic heterocycles. The predicted octanol–water partition coefficient (Wildman–Crippen LogP) is 1.09. The molecule has 1 aromatic rings. The maximum Gasteiger partial charge on any atom is 0.119 e. The molecule has 0 aliphatic carbocycles. The van der Waals surface area contributed by atoms with Crippen LogP contribution in [0.4, 0.5) is 0 Å². The van der Waals surface area contributed by atoms with Crippen molar-refractivity contribution in [1.29, 1.82) is 0 Å². The lowest BCUT2D eigenvalue weighted by Gasteiger charge is -2.17. The normalized spacial score (nSPS) is 14.4. The molecule has 17 heavy (non-hydrogen) atoms. The van der Waals surface area contributed by atoms with E-state index in [1.165, 1.54) is 0 Å². The first-order chi connectivity index (χ1) is 8.17. The predicted molar refractivity (Wildman–Crippen MR) is 67.1 cm³/mol. The first kappa shape index (κ1) is 14.0. The summed E-state index contributed by atoms with van der Waals surface area (Å²) in [5, 5.41) is 21.9. The maximum atomic E-state index is 9.98. The van der Waals surface area contributed by atoms with Gasteiger partial charge in [-0.2, -0.15) is 0 Å². The van der Waals surface area contributed by atoms with E-state index in [0.29, 0.717) is 13.0 Å². The monoisotopic (exact) mass is 239 g/mol. The molecule has 0 bridgehead atoms. The Hall–Kier alpha value is -1.10. The van der Waals surface area contributed by atoms with Crippen molar-refractivity contribution in [3.05, 3.63) is 29.8 Å². The first-order valence-corrected chi connectivity index (χ1v) is 5.83. The molecule has 0 saturated carbocycles. The molecular weight excluding hydrogens is 218 g/mol. The number of ether oxygens (including phenoxy) is 1. The van der Waals surface area contributed by atoms with E-state index in [9.17, 15) is 5.11 Å². The minimum Gasteiger partial charge on any atom is -0.497 e. The summed E-state index contributed by atoms with van der Waals surface area (Å²) in [6.45, 7) is 2.60. The zero-order chi connectivity index (χ0) is 12.7. The number of aliphatic hydroxyl groups is 2. The fourth-order valence-corrected chi connectivity index (χ4v) is 1.58. The van der Waals surface area contributed by atoms with Gasteiger partial charge in [-0.1, -0.05) is 12.1 Å². The minimum atomic E-state index is -0.564. The van der Waals surface area contributed by atoms with Gasteiger partial charge in [0.05, 0.1) is 13.2 Å². The molecule has 0 fully saturated rings. The summed E-state index contributed by atoms with van der Waals surface area (Å²) >= 11 is 0. The Labute approximate surface area is 102 Å². The number of methoxy groups -OCH3 is 1. The molecule has 2 atom stereocenters. The Kier molecular flexibility index (Phi) is 5.97. The molecule has 4 nitrogen and oxygen atoms in total. The Morgan fingerprint density at radius 1 is 1.41 bits per heavy atom. The molecule has 1 aromatic carbocycles. The van der Waals surface area contributed by atoms with Crippen LogP contribution < -0.4 is 10.1 Å². The molecule has 0 amide bonds. The second kappa shape index (κ2) is 7.27. The summed E-state index contributed by atoms with van der Waals surface area (Å²) in [5.74, 6) is 0.741. The summed E-state index contributed by atoms with van der Waals surface area (Å²) in [6.07, 6.45) is 0.122. The van der Waals surface area contributed by atoms with Crippen LogP contribution in [0.5, 0.6) is 5.75 Å². The minimum absolute atomic E-state index is 0.156. The largest absolute Gasteiger partial charge is 0.497 e. The Balaban J connectivity index is 2.48. The van der Waals surface area contributed by atoms with Crippen molar-refractivity contribution in [3.63, 3.8) is 0 Å². The van der Waals surface area contributed by atoms with Crippen molar-refractivity contribution in [2.45, 2.75) is 25.5 Å². The van der Waals surface area contributed by atoms with E-state index in [4.69, 9.17) is 9.84 Å². The van der Waals surface area contributed by atoms with Crippen molar-refractivity contribution >= 4 is 0 Å². The van der Waals surface area contributed by atoms with Gasteiger partial charge >= 0.3 is 0 Å². The van der Waals surface area contributed by atoms with Crippen LogP contribution in [0.2, 0.25) is 0 Å². The highest BCUT2D eigenvalue weighted by Crippen LogP contribution is 2.18. The lowest BCUT2D eigenvalue weighted by molar-refractivity contribution is 0.166. The maximum absolute atomic E-state index is 9.98. The Bertz CT molecular complexity index is 330. The third-order valence-electron chi connectivity index (χ3n) is 2.70. The van der Waals surface area contributed by atoms with E-state index in [1.807, 2.05) is 31.2 Å². The smallest absolute Gasteiger partial charge is 0.119 e. The topological polar surface area (TPSA) is 61.7 Å². The summed E-state index contributed by atoms with van der Waals surface area (Å²) in [6, 6.07) is 7.58. The van der Waals surface area contributed by atoms with Crippen molar-refractivity contribution in [2.24, 2.45) is 0 Å². The van der Waals surface area contributed by atoms with Crippen molar-refractivity contribution < 1.29 is 14.9 Å². The van der Waals surface area contributed by atoms with Gasteiger partial charge in [0.1, 0.15) is 5.75 Å². The van der Waals surface area contributed by atoms with E-state index >= 15 is 0 Å². The summed E-state index contributed by atoms with van der Waals surface area (Å²) < 4.78 is 5.10. The van der Waals surface area contributed by atoms with Crippen LogP contribution in [0.25, 0.3) is 0 Å². The van der Waals surface area contributed by atoms with Crippen LogP contribution in [0.3, 0.4) is 0 Å². The highest BCUT2D eigenvalue weighted by molar-refractivity contribution is 5.29. The second-order valence-electron chi connectivity index (χ2n) is 4.11.